The quantitative estimate of drug-likeness (QED) is 0.782. The molecular weight excluding hydrogens is 258 g/mol. The van der Waals surface area contributed by atoms with Gasteiger partial charge in [-0.2, -0.15) is 0 Å². The Morgan fingerprint density at radius 3 is 2.68 bits per heavy atom. The first kappa shape index (κ1) is 13.7. The van der Waals surface area contributed by atoms with Crippen LogP contribution in [-0.2, 0) is 11.2 Å². The van der Waals surface area contributed by atoms with Crippen molar-refractivity contribution in [2.24, 2.45) is 0 Å². The molecule has 1 unspecified atom stereocenters. The molecule has 0 amide bonds. The molecule has 0 bridgehead atoms. The van der Waals surface area contributed by atoms with E-state index >= 15 is 0 Å². The third kappa shape index (κ3) is 3.64. The van der Waals surface area contributed by atoms with Crippen LogP contribution in [0.2, 0.25) is 0 Å². The molecular formula is C15H17NO2S. The first-order chi connectivity index (χ1) is 9.20. The Morgan fingerprint density at radius 1 is 1.37 bits per heavy atom. The fraction of sp³-hybridized carbons (Fsp3) is 0.333. The van der Waals surface area contributed by atoms with Crippen molar-refractivity contribution in [3.63, 3.8) is 0 Å². The number of thiazole rings is 1. The zero-order valence-corrected chi connectivity index (χ0v) is 11.9. The number of rotatable bonds is 5. The fourth-order valence-corrected chi connectivity index (χ4v) is 2.60. The molecule has 3 nitrogen and oxygen atoms in total. The Kier molecular flexibility index (Phi) is 4.68. The minimum Gasteiger partial charge on any atom is -0.462 e. The molecule has 0 fully saturated rings. The lowest BCUT2D eigenvalue weighted by Gasteiger charge is -2.09. The van der Waals surface area contributed by atoms with Gasteiger partial charge in [0, 0.05) is 11.1 Å². The van der Waals surface area contributed by atoms with E-state index in [1.165, 1.54) is 10.4 Å². The minimum absolute atomic E-state index is 0.260. The second-order valence-corrected chi connectivity index (χ2v) is 5.34. The number of esters is 1. The van der Waals surface area contributed by atoms with Crippen LogP contribution in [-0.4, -0.2) is 17.6 Å². The van der Waals surface area contributed by atoms with Crippen LogP contribution in [0.4, 0.5) is 0 Å². The van der Waals surface area contributed by atoms with Gasteiger partial charge in [0.2, 0.25) is 0 Å². The van der Waals surface area contributed by atoms with E-state index in [1.807, 2.05) is 42.9 Å². The SMILES string of the molecule is CCOC(=O)c1ccc(CC(C)c2cncs2)cc1. The zero-order chi connectivity index (χ0) is 13.7. The first-order valence-electron chi connectivity index (χ1n) is 6.35. The lowest BCUT2D eigenvalue weighted by atomic mass is 9.99. The van der Waals surface area contributed by atoms with Crippen molar-refractivity contribution in [1.29, 1.82) is 0 Å². The van der Waals surface area contributed by atoms with Crippen LogP contribution in [0.25, 0.3) is 0 Å². The third-order valence-corrected chi connectivity index (χ3v) is 3.95. The molecule has 1 aromatic carbocycles. The van der Waals surface area contributed by atoms with Crippen molar-refractivity contribution in [2.75, 3.05) is 6.61 Å². The average molecular weight is 275 g/mol. The van der Waals surface area contributed by atoms with Crippen LogP contribution in [0, 0.1) is 0 Å². The Balaban J connectivity index is 2.01. The van der Waals surface area contributed by atoms with Gasteiger partial charge in [0.25, 0.3) is 0 Å². The predicted molar refractivity (Wildman–Crippen MR) is 76.6 cm³/mol. The number of carbonyl (C=O) groups excluding carboxylic acids is 1. The Hall–Kier alpha value is -1.68. The molecule has 0 spiro atoms. The van der Waals surface area contributed by atoms with Gasteiger partial charge in [-0.25, -0.2) is 4.79 Å². The second-order valence-electron chi connectivity index (χ2n) is 4.43. The van der Waals surface area contributed by atoms with Crippen molar-refractivity contribution in [2.45, 2.75) is 26.2 Å². The van der Waals surface area contributed by atoms with Gasteiger partial charge in [-0.05, 0) is 37.0 Å². The number of aromatic nitrogens is 1. The molecule has 0 N–H and O–H groups in total. The first-order valence-corrected chi connectivity index (χ1v) is 7.23. The molecule has 0 saturated carbocycles. The summed E-state index contributed by atoms with van der Waals surface area (Å²) < 4.78 is 4.96. The smallest absolute Gasteiger partial charge is 0.338 e. The monoisotopic (exact) mass is 275 g/mol. The average Bonchev–Trinajstić information content (AvgIpc) is 2.94. The highest BCUT2D eigenvalue weighted by molar-refractivity contribution is 7.09. The maximum Gasteiger partial charge on any atom is 0.338 e. The molecule has 2 aromatic rings. The van der Waals surface area contributed by atoms with E-state index in [2.05, 4.69) is 11.9 Å². The molecule has 0 aliphatic rings. The van der Waals surface area contributed by atoms with Crippen LogP contribution < -0.4 is 0 Å². The summed E-state index contributed by atoms with van der Waals surface area (Å²) in [4.78, 5) is 16.9. The van der Waals surface area contributed by atoms with Gasteiger partial charge in [-0.1, -0.05) is 19.1 Å². The molecule has 100 valence electrons. The van der Waals surface area contributed by atoms with Crippen molar-refractivity contribution in [1.82, 2.24) is 4.98 Å². The molecule has 4 heteroatoms. The largest absolute Gasteiger partial charge is 0.462 e. The van der Waals surface area contributed by atoms with Gasteiger partial charge in [-0.15, -0.1) is 11.3 Å². The number of carbonyl (C=O) groups is 1. The van der Waals surface area contributed by atoms with Crippen LogP contribution in [0.3, 0.4) is 0 Å². The summed E-state index contributed by atoms with van der Waals surface area (Å²) in [5, 5.41) is 0. The Bertz CT molecular complexity index is 520. The number of ether oxygens (including phenoxy) is 1. The zero-order valence-electron chi connectivity index (χ0n) is 11.1. The molecule has 0 radical (unpaired) electrons. The van der Waals surface area contributed by atoms with Crippen LogP contribution in [0.5, 0.6) is 0 Å². The number of benzene rings is 1. The summed E-state index contributed by atoms with van der Waals surface area (Å²) in [7, 11) is 0. The van der Waals surface area contributed by atoms with Crippen molar-refractivity contribution in [3.05, 3.63) is 52.0 Å². The van der Waals surface area contributed by atoms with Gasteiger partial charge in [0.1, 0.15) is 0 Å². The third-order valence-electron chi connectivity index (χ3n) is 2.94. The molecule has 2 rings (SSSR count). The van der Waals surface area contributed by atoms with E-state index in [4.69, 9.17) is 4.74 Å². The Labute approximate surface area is 117 Å². The molecule has 0 aliphatic carbocycles. The van der Waals surface area contributed by atoms with Gasteiger partial charge >= 0.3 is 5.97 Å². The van der Waals surface area contributed by atoms with Crippen molar-refractivity contribution >= 4 is 17.3 Å². The minimum atomic E-state index is -0.260. The fourth-order valence-electron chi connectivity index (χ4n) is 1.91. The van der Waals surface area contributed by atoms with Crippen molar-refractivity contribution in [3.8, 4) is 0 Å². The van der Waals surface area contributed by atoms with E-state index in [9.17, 15) is 4.79 Å². The maximum atomic E-state index is 11.5. The predicted octanol–water partition coefficient (Wildman–Crippen LogP) is 3.67. The van der Waals surface area contributed by atoms with Crippen molar-refractivity contribution < 1.29 is 9.53 Å². The van der Waals surface area contributed by atoms with Gasteiger partial charge in [0.05, 0.1) is 17.7 Å². The summed E-state index contributed by atoms with van der Waals surface area (Å²) >= 11 is 1.68. The molecule has 1 heterocycles. The number of hydrogen-bond acceptors (Lipinski definition) is 4. The normalized spacial score (nSPS) is 12.1. The number of hydrogen-bond donors (Lipinski definition) is 0. The Morgan fingerprint density at radius 2 is 2.11 bits per heavy atom. The lowest BCUT2D eigenvalue weighted by Crippen LogP contribution is -2.04. The lowest BCUT2D eigenvalue weighted by molar-refractivity contribution is 0.0526. The highest BCUT2D eigenvalue weighted by atomic mass is 32.1. The molecule has 19 heavy (non-hydrogen) atoms. The van der Waals surface area contributed by atoms with E-state index in [1.54, 1.807) is 11.3 Å². The highest BCUT2D eigenvalue weighted by Gasteiger charge is 2.10. The summed E-state index contributed by atoms with van der Waals surface area (Å²) in [5.74, 6) is 0.186. The van der Waals surface area contributed by atoms with E-state index in [-0.39, 0.29) is 5.97 Å². The molecule has 0 aliphatic heterocycles. The van der Waals surface area contributed by atoms with Crippen LogP contribution >= 0.6 is 11.3 Å². The van der Waals surface area contributed by atoms with E-state index in [0.29, 0.717) is 18.1 Å². The molecule has 1 aromatic heterocycles. The summed E-state index contributed by atoms with van der Waals surface area (Å²) in [6.07, 6.45) is 2.87. The second kappa shape index (κ2) is 6.48. The number of nitrogens with zero attached hydrogens (tertiary/aromatic N) is 1. The van der Waals surface area contributed by atoms with E-state index in [0.717, 1.165) is 6.42 Å². The highest BCUT2D eigenvalue weighted by Crippen LogP contribution is 2.23. The standard InChI is InChI=1S/C15H17NO2S/c1-3-18-15(17)13-6-4-12(5-7-13)8-11(2)14-9-16-10-19-14/h4-7,9-11H,3,8H2,1-2H3. The van der Waals surface area contributed by atoms with E-state index < -0.39 is 0 Å². The van der Waals surface area contributed by atoms with Gasteiger partial charge < -0.3 is 4.74 Å². The topological polar surface area (TPSA) is 39.2 Å². The summed E-state index contributed by atoms with van der Waals surface area (Å²) in [6.45, 7) is 4.40. The van der Waals surface area contributed by atoms with Gasteiger partial charge in [-0.3, -0.25) is 4.98 Å². The maximum absolute atomic E-state index is 11.5. The van der Waals surface area contributed by atoms with Gasteiger partial charge in [0.15, 0.2) is 0 Å². The summed E-state index contributed by atoms with van der Waals surface area (Å²) in [6, 6.07) is 7.63. The van der Waals surface area contributed by atoms with Crippen LogP contribution in [0.1, 0.15) is 40.6 Å². The summed E-state index contributed by atoms with van der Waals surface area (Å²) in [5.41, 5.74) is 3.68. The van der Waals surface area contributed by atoms with Crippen LogP contribution in [0.15, 0.2) is 36.0 Å². The molecule has 1 atom stereocenters. The molecule has 0 saturated heterocycles.